The van der Waals surface area contributed by atoms with Crippen LogP contribution in [-0.2, 0) is 36.6 Å². The molecule has 0 saturated carbocycles. The molecule has 34 heavy (non-hydrogen) atoms. The number of nitrogens with zero attached hydrogens (tertiary/aromatic N) is 1. The molecule has 2 fully saturated rings. The van der Waals surface area contributed by atoms with E-state index in [0.717, 1.165) is 0 Å². The van der Waals surface area contributed by atoms with Gasteiger partial charge in [-0.25, -0.2) is 0 Å². The summed E-state index contributed by atoms with van der Waals surface area (Å²) in [6.45, 7) is 8.42. The molecule has 0 aromatic heterocycles. The summed E-state index contributed by atoms with van der Waals surface area (Å²) in [5.74, 6) is -5.48. The fourth-order valence-corrected chi connectivity index (χ4v) is 5.45. The molecule has 2 saturated heterocycles. The van der Waals surface area contributed by atoms with Gasteiger partial charge in [0.1, 0.15) is 36.1 Å². The summed E-state index contributed by atoms with van der Waals surface area (Å²) in [7, 11) is 3.14. The quantitative estimate of drug-likeness (QED) is 0.131. The zero-order valence-corrected chi connectivity index (χ0v) is 22.9. The van der Waals surface area contributed by atoms with E-state index >= 15 is 0 Å². The third-order valence-electron chi connectivity index (χ3n) is 7.16. The fraction of sp³-hybridized carbons (Fsp3) is 0.783. The second-order valence-electron chi connectivity index (χ2n) is 9.64. The molecule has 0 spiro atoms. The topological polar surface area (TPSA) is 130 Å². The van der Waals surface area contributed by atoms with E-state index in [1.54, 1.807) is 51.0 Å². The van der Waals surface area contributed by atoms with E-state index in [1.807, 2.05) is 13.8 Å². The van der Waals surface area contributed by atoms with Gasteiger partial charge in [0, 0.05) is 37.8 Å². The van der Waals surface area contributed by atoms with Crippen LogP contribution in [0.5, 0.6) is 0 Å². The van der Waals surface area contributed by atoms with Gasteiger partial charge in [-0.3, -0.25) is 19.2 Å². The maximum Gasteiger partial charge on any atom is 0.317 e. The van der Waals surface area contributed by atoms with Gasteiger partial charge in [-0.1, -0.05) is 25.9 Å². The van der Waals surface area contributed by atoms with Crippen molar-refractivity contribution in [2.75, 3.05) is 20.8 Å². The van der Waals surface area contributed by atoms with Crippen LogP contribution in [0, 0.1) is 35.5 Å². The first-order chi connectivity index (χ1) is 15.9. The molecular weight excluding hydrogens is 559 g/mol. The van der Waals surface area contributed by atoms with Crippen LogP contribution in [0.15, 0.2) is 5.16 Å². The first-order valence-electron chi connectivity index (χ1n) is 11.4. The van der Waals surface area contributed by atoms with Gasteiger partial charge >= 0.3 is 11.9 Å². The van der Waals surface area contributed by atoms with Crippen molar-refractivity contribution in [2.45, 2.75) is 59.2 Å². The summed E-state index contributed by atoms with van der Waals surface area (Å²) in [5.41, 5.74) is -0.759. The van der Waals surface area contributed by atoms with Crippen molar-refractivity contribution in [1.29, 1.82) is 0 Å². The number of carbonyl (C=O) groups excluding carboxylic acids is 4. The molecule has 5 unspecified atom stereocenters. The van der Waals surface area contributed by atoms with Crippen molar-refractivity contribution in [2.24, 2.45) is 40.7 Å². The van der Waals surface area contributed by atoms with Gasteiger partial charge < -0.3 is 22.7 Å². The van der Waals surface area contributed by atoms with Gasteiger partial charge in [0.05, 0.1) is 5.60 Å². The largest absolute Gasteiger partial charge is 0.461 e. The standard InChI is InChI=1S/C23H35IN2O8/c1-11-8-23(5,31-7)9-12(2)19(28)14(4)21(29)32-10-15-16(13(3)18(11)27)17(22(30)33-15)20(25-6)26-34-24/h11-17H,8-10H2,1-7H3,(H,25,26)/t11-,12?,13-,14?,15?,16?,17?,23-/m1/s1. The zero-order chi connectivity index (χ0) is 25.8. The van der Waals surface area contributed by atoms with Gasteiger partial charge in [0.25, 0.3) is 0 Å². The molecule has 1 N–H and O–H groups in total. The van der Waals surface area contributed by atoms with Crippen LogP contribution in [0.25, 0.3) is 0 Å². The van der Waals surface area contributed by atoms with Crippen molar-refractivity contribution in [3.8, 4) is 0 Å². The molecule has 11 heteroatoms. The number of rotatable bonds is 3. The number of halogens is 1. The van der Waals surface area contributed by atoms with Crippen molar-refractivity contribution in [3.63, 3.8) is 0 Å². The molecule has 0 aliphatic carbocycles. The average molecular weight is 594 g/mol. The molecule has 0 radical (unpaired) electrons. The van der Waals surface area contributed by atoms with Crippen molar-refractivity contribution >= 4 is 52.3 Å². The minimum Gasteiger partial charge on any atom is -0.461 e. The summed E-state index contributed by atoms with van der Waals surface area (Å²) in [6, 6.07) is 0. The van der Waals surface area contributed by atoms with E-state index in [0.29, 0.717) is 12.8 Å². The minimum absolute atomic E-state index is 0.0804. The summed E-state index contributed by atoms with van der Waals surface area (Å²) in [4.78, 5) is 52.0. The van der Waals surface area contributed by atoms with Gasteiger partial charge in [-0.2, -0.15) is 0 Å². The Morgan fingerprint density at radius 1 is 1.06 bits per heavy atom. The van der Waals surface area contributed by atoms with E-state index < -0.39 is 59.2 Å². The van der Waals surface area contributed by atoms with E-state index in [2.05, 4.69) is 10.5 Å². The first-order valence-corrected chi connectivity index (χ1v) is 12.3. The smallest absolute Gasteiger partial charge is 0.317 e. The Labute approximate surface area is 214 Å². The van der Waals surface area contributed by atoms with Crippen molar-refractivity contribution in [1.82, 2.24) is 5.32 Å². The molecule has 0 amide bonds. The van der Waals surface area contributed by atoms with Crippen LogP contribution in [0.4, 0.5) is 0 Å². The Morgan fingerprint density at radius 2 is 1.65 bits per heavy atom. The summed E-state index contributed by atoms with van der Waals surface area (Å²) < 4.78 is 21.6. The monoisotopic (exact) mass is 594 g/mol. The molecule has 10 nitrogen and oxygen atoms in total. The SMILES string of the molecule is CN/C(=N\OI)C1C(=O)OC2COC(=O)C(C)C(=O)C(C)C[C@](C)(OC)C[C@@H](C)C(=O)[C@H](C)C21. The van der Waals surface area contributed by atoms with Gasteiger partial charge in [0.15, 0.2) is 5.84 Å². The number of oxime groups is 1. The molecule has 0 bridgehead atoms. The number of amidine groups is 1. The second kappa shape index (κ2) is 11.8. The predicted molar refractivity (Wildman–Crippen MR) is 131 cm³/mol. The third-order valence-corrected chi connectivity index (χ3v) is 7.35. The molecule has 2 heterocycles. The number of methoxy groups -OCH3 is 1. The van der Waals surface area contributed by atoms with Crippen LogP contribution >= 0.6 is 23.0 Å². The molecule has 0 aromatic rings. The Kier molecular flexibility index (Phi) is 9.87. The number of fused-ring (bicyclic) bond motifs is 1. The second-order valence-corrected chi connectivity index (χ2v) is 10.0. The lowest BCUT2D eigenvalue weighted by molar-refractivity contribution is -0.160. The first kappa shape index (κ1) is 28.5. The van der Waals surface area contributed by atoms with Crippen LogP contribution < -0.4 is 5.32 Å². The molecule has 2 aliphatic rings. The highest BCUT2D eigenvalue weighted by atomic mass is 127. The predicted octanol–water partition coefficient (Wildman–Crippen LogP) is 2.47. The highest BCUT2D eigenvalue weighted by Gasteiger charge is 2.53. The number of ketones is 2. The van der Waals surface area contributed by atoms with Crippen LogP contribution in [-0.4, -0.2) is 61.8 Å². The number of hydrogen-bond acceptors (Lipinski definition) is 9. The number of ether oxygens (including phenoxy) is 3. The van der Waals surface area contributed by atoms with Gasteiger partial charge in [-0.05, 0) is 26.7 Å². The Morgan fingerprint density at radius 3 is 2.18 bits per heavy atom. The lowest BCUT2D eigenvalue weighted by Gasteiger charge is -2.35. The Balaban J connectivity index is 2.51. The summed E-state index contributed by atoms with van der Waals surface area (Å²) in [6.07, 6.45) is -0.146. The third kappa shape index (κ3) is 6.07. The molecular formula is C23H35IN2O8. The molecule has 2 aliphatic heterocycles. The molecule has 8 atom stereocenters. The van der Waals surface area contributed by atoms with Crippen LogP contribution in [0.2, 0.25) is 0 Å². The van der Waals surface area contributed by atoms with Crippen molar-refractivity contribution in [3.05, 3.63) is 0 Å². The fourth-order valence-electron chi connectivity index (χ4n) is 5.23. The zero-order valence-electron chi connectivity index (χ0n) is 20.8. The van der Waals surface area contributed by atoms with Crippen LogP contribution in [0.1, 0.15) is 47.5 Å². The molecule has 0 aromatic carbocycles. The Hall–Kier alpha value is -1.76. The van der Waals surface area contributed by atoms with Gasteiger partial charge in [0.2, 0.25) is 23.0 Å². The minimum atomic E-state index is -0.983. The van der Waals surface area contributed by atoms with Gasteiger partial charge in [-0.15, -0.1) is 0 Å². The van der Waals surface area contributed by atoms with E-state index in [-0.39, 0.29) is 24.0 Å². The number of hydrogen-bond donors (Lipinski definition) is 1. The summed E-state index contributed by atoms with van der Waals surface area (Å²) in [5, 5.41) is 6.73. The number of esters is 2. The van der Waals surface area contributed by atoms with Crippen molar-refractivity contribution < 1.29 is 36.6 Å². The maximum atomic E-state index is 13.6. The maximum absolute atomic E-state index is 13.6. The lowest BCUT2D eigenvalue weighted by Crippen LogP contribution is -2.44. The highest BCUT2D eigenvalue weighted by Crippen LogP contribution is 2.39. The Bertz CT molecular complexity index is 834. The number of Topliss-reactive ketones (excluding diaryl/α,β-unsaturated/α-hetero) is 2. The van der Waals surface area contributed by atoms with Crippen LogP contribution in [0.3, 0.4) is 0 Å². The number of cyclic esters (lactones) is 1. The number of carbonyl (C=O) groups is 4. The lowest BCUT2D eigenvalue weighted by atomic mass is 9.73. The van der Waals surface area contributed by atoms with E-state index in [1.165, 1.54) is 6.92 Å². The number of nitrogens with one attached hydrogen (secondary N) is 1. The molecule has 192 valence electrons. The normalized spacial score (nSPS) is 38.5. The summed E-state index contributed by atoms with van der Waals surface area (Å²) >= 11 is 1.58. The average Bonchev–Trinajstić information content (AvgIpc) is 3.13. The highest BCUT2D eigenvalue weighted by molar-refractivity contribution is 14.1. The van der Waals surface area contributed by atoms with E-state index in [4.69, 9.17) is 17.4 Å². The molecule has 2 rings (SSSR count). The van der Waals surface area contributed by atoms with E-state index in [9.17, 15) is 19.2 Å².